The van der Waals surface area contributed by atoms with Crippen molar-refractivity contribution in [3.05, 3.63) is 30.1 Å². The minimum Gasteiger partial charge on any atom is -0.265 e. The zero-order valence-electron chi connectivity index (χ0n) is 7.76. The van der Waals surface area contributed by atoms with Crippen molar-refractivity contribution in [1.29, 1.82) is 0 Å². The van der Waals surface area contributed by atoms with E-state index in [1.807, 2.05) is 12.1 Å². The average Bonchev–Trinajstić information content (AvgIpc) is 2.48. The van der Waals surface area contributed by atoms with Gasteiger partial charge in [0.15, 0.2) is 0 Å². The van der Waals surface area contributed by atoms with E-state index in [0.717, 1.165) is 12.0 Å². The molecular weight excluding hydrogens is 200 g/mol. The van der Waals surface area contributed by atoms with Crippen molar-refractivity contribution < 1.29 is 8.42 Å². The molecule has 76 valence electrons. The molecule has 4 nitrogen and oxygen atoms in total. The number of sulfonamides is 1. The van der Waals surface area contributed by atoms with Gasteiger partial charge in [0, 0.05) is 25.5 Å². The normalized spacial score (nSPS) is 21.1. The Labute approximate surface area is 83.6 Å². The first kappa shape index (κ1) is 9.61. The van der Waals surface area contributed by atoms with E-state index < -0.39 is 10.0 Å². The molecule has 0 saturated carbocycles. The van der Waals surface area contributed by atoms with Gasteiger partial charge in [-0.25, -0.2) is 8.42 Å². The summed E-state index contributed by atoms with van der Waals surface area (Å²) >= 11 is 0. The Balaban J connectivity index is 2.13. The van der Waals surface area contributed by atoms with Gasteiger partial charge >= 0.3 is 0 Å². The fraction of sp³-hybridized carbons (Fsp3) is 0.444. The number of nitrogens with zero attached hydrogens (tertiary/aromatic N) is 2. The van der Waals surface area contributed by atoms with E-state index in [2.05, 4.69) is 4.98 Å². The molecule has 0 radical (unpaired) electrons. The van der Waals surface area contributed by atoms with Crippen LogP contribution in [0.15, 0.2) is 24.5 Å². The molecule has 1 fully saturated rings. The molecule has 0 N–H and O–H groups in total. The van der Waals surface area contributed by atoms with Gasteiger partial charge in [0.2, 0.25) is 10.0 Å². The highest BCUT2D eigenvalue weighted by atomic mass is 32.2. The van der Waals surface area contributed by atoms with Gasteiger partial charge in [-0.1, -0.05) is 0 Å². The van der Waals surface area contributed by atoms with Crippen molar-refractivity contribution in [3.8, 4) is 0 Å². The maximum absolute atomic E-state index is 11.5. The van der Waals surface area contributed by atoms with Crippen molar-refractivity contribution in [2.24, 2.45) is 0 Å². The molecule has 5 heteroatoms. The van der Waals surface area contributed by atoms with Crippen molar-refractivity contribution in [3.63, 3.8) is 0 Å². The summed E-state index contributed by atoms with van der Waals surface area (Å²) in [6, 6.07) is 3.68. The topological polar surface area (TPSA) is 50.3 Å². The molecule has 1 aromatic rings. The quantitative estimate of drug-likeness (QED) is 0.722. The van der Waals surface area contributed by atoms with Crippen LogP contribution in [-0.2, 0) is 16.6 Å². The zero-order valence-corrected chi connectivity index (χ0v) is 8.57. The van der Waals surface area contributed by atoms with Crippen LogP contribution in [0.2, 0.25) is 0 Å². The van der Waals surface area contributed by atoms with Crippen LogP contribution in [0.1, 0.15) is 12.0 Å². The average molecular weight is 212 g/mol. The predicted octanol–water partition coefficient (Wildman–Crippen LogP) is 0.617. The lowest BCUT2D eigenvalue weighted by molar-refractivity contribution is 0.439. The summed E-state index contributed by atoms with van der Waals surface area (Å²) in [7, 11) is -2.97. The summed E-state index contributed by atoms with van der Waals surface area (Å²) < 4.78 is 24.5. The van der Waals surface area contributed by atoms with Gasteiger partial charge in [-0.15, -0.1) is 0 Å². The maximum Gasteiger partial charge on any atom is 0.214 e. The fourth-order valence-electron chi connectivity index (χ4n) is 1.56. The van der Waals surface area contributed by atoms with E-state index in [9.17, 15) is 8.42 Å². The fourth-order valence-corrected chi connectivity index (χ4v) is 3.07. The number of rotatable bonds is 2. The van der Waals surface area contributed by atoms with Crippen LogP contribution in [0.4, 0.5) is 0 Å². The molecule has 1 aliphatic rings. The molecule has 14 heavy (non-hydrogen) atoms. The van der Waals surface area contributed by atoms with E-state index in [1.54, 1.807) is 12.4 Å². The Kier molecular flexibility index (Phi) is 2.52. The summed E-state index contributed by atoms with van der Waals surface area (Å²) in [5, 5.41) is 0. The van der Waals surface area contributed by atoms with Crippen LogP contribution < -0.4 is 0 Å². The molecular formula is C9H12N2O2S. The first-order valence-corrected chi connectivity index (χ1v) is 6.16. The largest absolute Gasteiger partial charge is 0.265 e. The molecule has 0 amide bonds. The summed E-state index contributed by atoms with van der Waals surface area (Å²) in [5.74, 6) is 0.290. The first-order chi connectivity index (χ1) is 6.68. The maximum atomic E-state index is 11.5. The van der Waals surface area contributed by atoms with Crippen molar-refractivity contribution in [2.45, 2.75) is 13.0 Å². The van der Waals surface area contributed by atoms with E-state index >= 15 is 0 Å². The van der Waals surface area contributed by atoms with Gasteiger partial charge < -0.3 is 0 Å². The number of aromatic nitrogens is 1. The molecule has 0 aromatic carbocycles. The molecule has 2 heterocycles. The Morgan fingerprint density at radius 1 is 1.36 bits per heavy atom. The smallest absolute Gasteiger partial charge is 0.214 e. The monoisotopic (exact) mass is 212 g/mol. The lowest BCUT2D eigenvalue weighted by Crippen LogP contribution is -2.25. The molecule has 0 spiro atoms. The van der Waals surface area contributed by atoms with Gasteiger partial charge in [-0.05, 0) is 24.1 Å². The summed E-state index contributed by atoms with van der Waals surface area (Å²) in [6.45, 7) is 1.12. The number of pyridine rings is 1. The lowest BCUT2D eigenvalue weighted by atomic mass is 10.3. The van der Waals surface area contributed by atoms with Crippen molar-refractivity contribution in [1.82, 2.24) is 9.29 Å². The second-order valence-electron chi connectivity index (χ2n) is 3.36. The Morgan fingerprint density at radius 2 is 2.07 bits per heavy atom. The Morgan fingerprint density at radius 3 is 2.64 bits per heavy atom. The van der Waals surface area contributed by atoms with Crippen LogP contribution in [0.3, 0.4) is 0 Å². The van der Waals surface area contributed by atoms with Gasteiger partial charge in [0.25, 0.3) is 0 Å². The van der Waals surface area contributed by atoms with Crippen LogP contribution in [0.5, 0.6) is 0 Å². The van der Waals surface area contributed by atoms with Crippen LogP contribution in [-0.4, -0.2) is 30.0 Å². The summed E-state index contributed by atoms with van der Waals surface area (Å²) in [5.41, 5.74) is 0.991. The van der Waals surface area contributed by atoms with Gasteiger partial charge in [-0.3, -0.25) is 4.98 Å². The molecule has 1 aromatic heterocycles. The van der Waals surface area contributed by atoms with Crippen molar-refractivity contribution in [2.75, 3.05) is 12.3 Å². The second kappa shape index (κ2) is 3.67. The van der Waals surface area contributed by atoms with E-state index in [4.69, 9.17) is 0 Å². The molecule has 1 saturated heterocycles. The minimum absolute atomic E-state index is 0.290. The zero-order chi connectivity index (χ0) is 10.0. The lowest BCUT2D eigenvalue weighted by Gasteiger charge is -2.13. The Hall–Kier alpha value is -0.940. The highest BCUT2D eigenvalue weighted by Gasteiger charge is 2.27. The van der Waals surface area contributed by atoms with Crippen molar-refractivity contribution >= 4 is 10.0 Å². The van der Waals surface area contributed by atoms with Crippen LogP contribution in [0, 0.1) is 0 Å². The molecule has 1 aliphatic heterocycles. The third-order valence-corrected chi connectivity index (χ3v) is 4.21. The van der Waals surface area contributed by atoms with Gasteiger partial charge in [-0.2, -0.15) is 4.31 Å². The summed E-state index contributed by atoms with van der Waals surface area (Å²) in [4.78, 5) is 3.89. The van der Waals surface area contributed by atoms with Gasteiger partial charge in [0.05, 0.1) is 5.75 Å². The van der Waals surface area contributed by atoms with Crippen LogP contribution in [0.25, 0.3) is 0 Å². The van der Waals surface area contributed by atoms with E-state index in [0.29, 0.717) is 13.1 Å². The van der Waals surface area contributed by atoms with Gasteiger partial charge in [0.1, 0.15) is 0 Å². The minimum atomic E-state index is -2.97. The molecule has 0 unspecified atom stereocenters. The molecule has 2 rings (SSSR count). The van der Waals surface area contributed by atoms with E-state index in [-0.39, 0.29) is 5.75 Å². The third-order valence-electron chi connectivity index (χ3n) is 2.31. The van der Waals surface area contributed by atoms with E-state index in [1.165, 1.54) is 4.31 Å². The first-order valence-electron chi connectivity index (χ1n) is 4.55. The number of hydrogen-bond donors (Lipinski definition) is 0. The third kappa shape index (κ3) is 1.93. The SMILES string of the molecule is O=S1(=O)CCCN1Cc1ccncc1. The summed E-state index contributed by atoms with van der Waals surface area (Å²) in [6.07, 6.45) is 4.10. The number of hydrogen-bond acceptors (Lipinski definition) is 3. The molecule has 0 bridgehead atoms. The second-order valence-corrected chi connectivity index (χ2v) is 5.45. The predicted molar refractivity (Wildman–Crippen MR) is 53.1 cm³/mol. The molecule has 0 aliphatic carbocycles. The van der Waals surface area contributed by atoms with Crippen LogP contribution >= 0.6 is 0 Å². The molecule has 0 atom stereocenters. The highest BCUT2D eigenvalue weighted by Crippen LogP contribution is 2.16. The standard InChI is InChI=1S/C9H12N2O2S/c12-14(13)7-1-6-11(14)8-9-2-4-10-5-3-9/h2-5H,1,6-8H2. The Bertz CT molecular complexity index is 402. The highest BCUT2D eigenvalue weighted by molar-refractivity contribution is 7.89.